The Morgan fingerprint density at radius 1 is 1.08 bits per heavy atom. The van der Waals surface area contributed by atoms with Crippen molar-refractivity contribution in [1.29, 1.82) is 0 Å². The zero-order valence-corrected chi connectivity index (χ0v) is 14.3. The van der Waals surface area contributed by atoms with Crippen molar-refractivity contribution in [2.24, 2.45) is 0 Å². The maximum Gasteiger partial charge on any atom is 0.224 e. The van der Waals surface area contributed by atoms with Gasteiger partial charge in [0.25, 0.3) is 0 Å². The zero-order valence-electron chi connectivity index (χ0n) is 13.5. The molecule has 0 atom stereocenters. The van der Waals surface area contributed by atoms with Crippen LogP contribution < -0.4 is 10.1 Å². The van der Waals surface area contributed by atoms with Crippen molar-refractivity contribution in [1.82, 2.24) is 0 Å². The van der Waals surface area contributed by atoms with Gasteiger partial charge in [0, 0.05) is 18.5 Å². The Labute approximate surface area is 145 Å². The van der Waals surface area contributed by atoms with Crippen LogP contribution in [0.5, 0.6) is 5.75 Å². The van der Waals surface area contributed by atoms with Gasteiger partial charge in [-0.15, -0.1) is 11.3 Å². The highest BCUT2D eigenvalue weighted by Gasteiger charge is 2.16. The molecule has 0 aliphatic heterocycles. The molecule has 126 valence electrons. The molecule has 1 aliphatic rings. The highest BCUT2D eigenvalue weighted by Crippen LogP contribution is 2.25. The summed E-state index contributed by atoms with van der Waals surface area (Å²) in [7, 11) is 0. The predicted molar refractivity (Wildman–Crippen MR) is 95.8 cm³/mol. The monoisotopic (exact) mass is 343 g/mol. The molecule has 2 aromatic rings. The van der Waals surface area contributed by atoms with E-state index in [1.54, 1.807) is 6.07 Å². The summed E-state index contributed by atoms with van der Waals surface area (Å²) < 4.78 is 5.90. The smallest absolute Gasteiger partial charge is 0.224 e. The van der Waals surface area contributed by atoms with Crippen molar-refractivity contribution in [3.05, 3.63) is 46.7 Å². The lowest BCUT2D eigenvalue weighted by atomic mass is 10.2. The summed E-state index contributed by atoms with van der Waals surface area (Å²) in [5.74, 6) is 0.706. The SMILES string of the molecule is O=C(CCC(=O)c1cccs1)Nc1ccc(OC2CCCC2)cc1. The van der Waals surface area contributed by atoms with E-state index >= 15 is 0 Å². The molecule has 1 aliphatic carbocycles. The predicted octanol–water partition coefficient (Wildman–Crippen LogP) is 4.67. The third-order valence-electron chi connectivity index (χ3n) is 4.12. The third-order valence-corrected chi connectivity index (χ3v) is 5.03. The van der Waals surface area contributed by atoms with Crippen LogP contribution in [0.1, 0.15) is 48.2 Å². The molecule has 1 N–H and O–H groups in total. The van der Waals surface area contributed by atoms with Gasteiger partial charge in [-0.25, -0.2) is 0 Å². The van der Waals surface area contributed by atoms with E-state index in [-0.39, 0.29) is 24.5 Å². The molecule has 5 heteroatoms. The van der Waals surface area contributed by atoms with E-state index in [0.29, 0.717) is 11.0 Å². The van der Waals surface area contributed by atoms with Gasteiger partial charge < -0.3 is 10.1 Å². The number of ether oxygens (including phenoxy) is 1. The van der Waals surface area contributed by atoms with Crippen LogP contribution in [0.3, 0.4) is 0 Å². The fraction of sp³-hybridized carbons (Fsp3) is 0.368. The van der Waals surface area contributed by atoms with E-state index < -0.39 is 0 Å². The summed E-state index contributed by atoms with van der Waals surface area (Å²) in [4.78, 5) is 24.5. The number of hydrogen-bond donors (Lipinski definition) is 1. The molecule has 4 nitrogen and oxygen atoms in total. The second-order valence-corrected chi connectivity index (χ2v) is 6.95. The molecular formula is C19H21NO3S. The molecule has 0 saturated heterocycles. The Morgan fingerprint density at radius 2 is 1.83 bits per heavy atom. The Hall–Kier alpha value is -2.14. The van der Waals surface area contributed by atoms with Gasteiger partial charge in [-0.05, 0) is 61.4 Å². The van der Waals surface area contributed by atoms with Crippen molar-refractivity contribution >= 4 is 28.7 Å². The van der Waals surface area contributed by atoms with E-state index in [4.69, 9.17) is 4.74 Å². The summed E-state index contributed by atoms with van der Waals surface area (Å²) in [5, 5.41) is 4.68. The fourth-order valence-corrected chi connectivity index (χ4v) is 3.52. The average Bonchev–Trinajstić information content (AvgIpc) is 3.28. The van der Waals surface area contributed by atoms with Crippen LogP contribution in [0.4, 0.5) is 5.69 Å². The molecule has 1 saturated carbocycles. The number of carbonyl (C=O) groups is 2. The highest BCUT2D eigenvalue weighted by molar-refractivity contribution is 7.12. The molecular weight excluding hydrogens is 322 g/mol. The molecule has 1 amide bonds. The average molecular weight is 343 g/mol. The Kier molecular flexibility index (Phi) is 5.64. The van der Waals surface area contributed by atoms with Gasteiger partial charge in [0.05, 0.1) is 11.0 Å². The van der Waals surface area contributed by atoms with Gasteiger partial charge in [-0.2, -0.15) is 0 Å². The molecule has 1 aromatic carbocycles. The number of benzene rings is 1. The second-order valence-electron chi connectivity index (χ2n) is 6.00. The molecule has 24 heavy (non-hydrogen) atoms. The molecule has 1 heterocycles. The lowest BCUT2D eigenvalue weighted by Gasteiger charge is -2.13. The zero-order chi connectivity index (χ0) is 16.8. The molecule has 0 radical (unpaired) electrons. The standard InChI is InChI=1S/C19H21NO3S/c21-17(18-6-3-13-24-18)11-12-19(22)20-14-7-9-16(10-8-14)23-15-4-1-2-5-15/h3,6-10,13,15H,1-2,4-5,11-12H2,(H,20,22). The summed E-state index contributed by atoms with van der Waals surface area (Å²) in [6, 6.07) is 11.1. The first-order chi connectivity index (χ1) is 11.7. The molecule has 3 rings (SSSR count). The number of amides is 1. The maximum absolute atomic E-state index is 12.0. The van der Waals surface area contributed by atoms with E-state index in [0.717, 1.165) is 24.3 Å². The molecule has 0 unspecified atom stereocenters. The first kappa shape index (κ1) is 16.7. The molecule has 0 bridgehead atoms. The summed E-state index contributed by atoms with van der Waals surface area (Å²) in [6.45, 7) is 0. The normalized spacial score (nSPS) is 14.5. The van der Waals surface area contributed by atoms with Crippen LogP contribution >= 0.6 is 11.3 Å². The van der Waals surface area contributed by atoms with Crippen LogP contribution in [0.25, 0.3) is 0 Å². The van der Waals surface area contributed by atoms with E-state index in [1.807, 2.05) is 35.7 Å². The second kappa shape index (κ2) is 8.11. The number of ketones is 1. The summed E-state index contributed by atoms with van der Waals surface area (Å²) in [6.07, 6.45) is 5.47. The summed E-state index contributed by atoms with van der Waals surface area (Å²) in [5.41, 5.74) is 0.724. The minimum atomic E-state index is -0.149. The Balaban J connectivity index is 1.44. The fourth-order valence-electron chi connectivity index (χ4n) is 2.83. The van der Waals surface area contributed by atoms with Gasteiger partial charge in [0.15, 0.2) is 5.78 Å². The molecule has 1 aromatic heterocycles. The number of hydrogen-bond acceptors (Lipinski definition) is 4. The van der Waals surface area contributed by atoms with Crippen molar-refractivity contribution in [3.63, 3.8) is 0 Å². The van der Waals surface area contributed by atoms with Gasteiger partial charge in [0.1, 0.15) is 5.75 Å². The Morgan fingerprint density at radius 3 is 2.50 bits per heavy atom. The minimum absolute atomic E-state index is 0.0143. The number of anilines is 1. The highest BCUT2D eigenvalue weighted by atomic mass is 32.1. The topological polar surface area (TPSA) is 55.4 Å². The number of carbonyl (C=O) groups excluding carboxylic acids is 2. The summed E-state index contributed by atoms with van der Waals surface area (Å²) >= 11 is 1.41. The van der Waals surface area contributed by atoms with Gasteiger partial charge >= 0.3 is 0 Å². The minimum Gasteiger partial charge on any atom is -0.490 e. The largest absolute Gasteiger partial charge is 0.490 e. The maximum atomic E-state index is 12.0. The number of thiophene rings is 1. The number of Topliss-reactive ketones (excluding diaryl/α,β-unsaturated/α-hetero) is 1. The van der Waals surface area contributed by atoms with Crippen LogP contribution in [-0.4, -0.2) is 17.8 Å². The van der Waals surface area contributed by atoms with E-state index in [9.17, 15) is 9.59 Å². The molecule has 1 fully saturated rings. The van der Waals surface area contributed by atoms with Crippen molar-refractivity contribution in [2.75, 3.05) is 5.32 Å². The lowest BCUT2D eigenvalue weighted by molar-refractivity contribution is -0.116. The van der Waals surface area contributed by atoms with Crippen LogP contribution in [0.2, 0.25) is 0 Å². The first-order valence-electron chi connectivity index (χ1n) is 8.34. The molecule has 0 spiro atoms. The van der Waals surface area contributed by atoms with Crippen molar-refractivity contribution in [3.8, 4) is 5.75 Å². The van der Waals surface area contributed by atoms with Crippen LogP contribution in [0.15, 0.2) is 41.8 Å². The number of rotatable bonds is 7. The van der Waals surface area contributed by atoms with Crippen LogP contribution in [-0.2, 0) is 4.79 Å². The van der Waals surface area contributed by atoms with Gasteiger partial charge in [0.2, 0.25) is 5.91 Å². The van der Waals surface area contributed by atoms with Gasteiger partial charge in [-0.3, -0.25) is 9.59 Å². The third kappa shape index (κ3) is 4.68. The van der Waals surface area contributed by atoms with Crippen molar-refractivity contribution in [2.45, 2.75) is 44.6 Å². The van der Waals surface area contributed by atoms with Crippen molar-refractivity contribution < 1.29 is 14.3 Å². The van der Waals surface area contributed by atoms with E-state index in [1.165, 1.54) is 24.2 Å². The van der Waals surface area contributed by atoms with Crippen LogP contribution in [0, 0.1) is 0 Å². The quantitative estimate of drug-likeness (QED) is 0.743. The van der Waals surface area contributed by atoms with E-state index in [2.05, 4.69) is 5.32 Å². The first-order valence-corrected chi connectivity index (χ1v) is 9.22. The number of nitrogens with one attached hydrogen (secondary N) is 1. The lowest BCUT2D eigenvalue weighted by Crippen LogP contribution is -2.13. The van der Waals surface area contributed by atoms with Gasteiger partial charge in [-0.1, -0.05) is 6.07 Å². The Bertz CT molecular complexity index is 673.